The van der Waals surface area contributed by atoms with Crippen molar-refractivity contribution >= 4 is 17.4 Å². The highest BCUT2D eigenvalue weighted by atomic mass is 16.5. The minimum absolute atomic E-state index is 0.252. The van der Waals surface area contributed by atoms with E-state index >= 15 is 0 Å². The zero-order valence-corrected chi connectivity index (χ0v) is 10.4. The minimum atomic E-state index is -0.272. The summed E-state index contributed by atoms with van der Waals surface area (Å²) in [5, 5.41) is 2.98. The summed E-state index contributed by atoms with van der Waals surface area (Å²) < 4.78 is 5.23. The summed E-state index contributed by atoms with van der Waals surface area (Å²) >= 11 is 0. The average Bonchev–Trinajstić information content (AvgIpc) is 2.76. The van der Waals surface area contributed by atoms with Crippen molar-refractivity contribution in [3.8, 4) is 0 Å². The number of carbonyl (C=O) groups excluding carboxylic acids is 2. The van der Waals surface area contributed by atoms with E-state index in [9.17, 15) is 9.59 Å². The third-order valence-electron chi connectivity index (χ3n) is 3.25. The molecule has 0 N–H and O–H groups in total. The number of hydrogen-bond acceptors (Lipinski definition) is 4. The van der Waals surface area contributed by atoms with Gasteiger partial charge in [-0.3, -0.25) is 9.59 Å². The van der Waals surface area contributed by atoms with E-state index in [4.69, 9.17) is 4.74 Å². The summed E-state index contributed by atoms with van der Waals surface area (Å²) in [6.07, 6.45) is 1.41. The molecule has 0 saturated carbocycles. The van der Waals surface area contributed by atoms with Crippen LogP contribution in [0.4, 0.5) is 0 Å². The molecule has 0 aliphatic carbocycles. The molecular weight excluding hydrogens is 244 g/mol. The molecule has 1 aromatic carbocycles. The van der Waals surface area contributed by atoms with Gasteiger partial charge in [0.2, 0.25) is 0 Å². The van der Waals surface area contributed by atoms with Crippen molar-refractivity contribution in [2.45, 2.75) is 0 Å². The summed E-state index contributed by atoms with van der Waals surface area (Å²) in [6, 6.07) is 9.25. The predicted molar refractivity (Wildman–Crippen MR) is 68.7 cm³/mol. The van der Waals surface area contributed by atoms with Crippen LogP contribution in [0.15, 0.2) is 36.4 Å². The fraction of sp³-hybridized carbons (Fsp3) is 0.286. The van der Waals surface area contributed by atoms with Crippen LogP contribution in [0.25, 0.3) is 5.57 Å². The van der Waals surface area contributed by atoms with E-state index in [0.29, 0.717) is 31.9 Å². The standard InChI is InChI=1S/C14H14N2O3/c17-13-10-12(11-4-2-1-3-5-11)14(18)16(13)15-6-8-19-9-7-15/h1-5,10H,6-9H2. The first-order chi connectivity index (χ1) is 9.27. The molecule has 2 heterocycles. The molecule has 0 spiro atoms. The largest absolute Gasteiger partial charge is 0.379 e. The number of nitrogens with zero attached hydrogens (tertiary/aromatic N) is 2. The summed E-state index contributed by atoms with van der Waals surface area (Å²) in [6.45, 7) is 2.20. The van der Waals surface area contributed by atoms with Gasteiger partial charge in [-0.2, -0.15) is 0 Å². The molecule has 5 heteroatoms. The highest BCUT2D eigenvalue weighted by Crippen LogP contribution is 2.24. The van der Waals surface area contributed by atoms with E-state index in [2.05, 4.69) is 0 Å². The molecule has 0 aromatic heterocycles. The Bertz CT molecular complexity index is 533. The topological polar surface area (TPSA) is 49.9 Å². The average molecular weight is 258 g/mol. The number of amides is 2. The molecule has 0 radical (unpaired) electrons. The maximum absolute atomic E-state index is 12.4. The summed E-state index contributed by atoms with van der Waals surface area (Å²) in [7, 11) is 0. The number of hydrazine groups is 1. The molecular formula is C14H14N2O3. The lowest BCUT2D eigenvalue weighted by atomic mass is 10.1. The number of hydrogen-bond donors (Lipinski definition) is 0. The Kier molecular flexibility index (Phi) is 3.15. The van der Waals surface area contributed by atoms with Gasteiger partial charge in [-0.25, -0.2) is 10.0 Å². The molecule has 19 heavy (non-hydrogen) atoms. The molecule has 0 atom stereocenters. The quantitative estimate of drug-likeness (QED) is 0.732. The Morgan fingerprint density at radius 1 is 1.00 bits per heavy atom. The fourth-order valence-corrected chi connectivity index (χ4v) is 2.31. The Hall–Kier alpha value is -1.98. The van der Waals surface area contributed by atoms with Gasteiger partial charge in [-0.15, -0.1) is 0 Å². The van der Waals surface area contributed by atoms with E-state index < -0.39 is 0 Å². The van der Waals surface area contributed by atoms with E-state index in [-0.39, 0.29) is 11.8 Å². The van der Waals surface area contributed by atoms with Crippen LogP contribution >= 0.6 is 0 Å². The van der Waals surface area contributed by atoms with Crippen molar-refractivity contribution in [2.24, 2.45) is 0 Å². The van der Waals surface area contributed by atoms with Crippen LogP contribution in [-0.2, 0) is 14.3 Å². The van der Waals surface area contributed by atoms with Gasteiger partial charge in [0, 0.05) is 19.2 Å². The first kappa shape index (κ1) is 12.1. The second-order valence-corrected chi connectivity index (χ2v) is 4.45. The lowest BCUT2D eigenvalue weighted by Crippen LogP contribution is -2.51. The van der Waals surface area contributed by atoms with Crippen molar-refractivity contribution in [3.63, 3.8) is 0 Å². The zero-order valence-electron chi connectivity index (χ0n) is 10.4. The molecule has 1 fully saturated rings. The van der Waals surface area contributed by atoms with Crippen molar-refractivity contribution in [1.29, 1.82) is 0 Å². The zero-order chi connectivity index (χ0) is 13.2. The third-order valence-corrected chi connectivity index (χ3v) is 3.25. The molecule has 98 valence electrons. The normalized spacial score (nSPS) is 20.8. The van der Waals surface area contributed by atoms with Crippen LogP contribution in [-0.4, -0.2) is 48.1 Å². The molecule has 0 unspecified atom stereocenters. The van der Waals surface area contributed by atoms with Gasteiger partial charge in [0.25, 0.3) is 11.8 Å². The maximum Gasteiger partial charge on any atom is 0.276 e. The van der Waals surface area contributed by atoms with Crippen molar-refractivity contribution in [2.75, 3.05) is 26.3 Å². The van der Waals surface area contributed by atoms with Gasteiger partial charge >= 0.3 is 0 Å². The molecule has 2 amide bonds. The third kappa shape index (κ3) is 2.18. The summed E-state index contributed by atoms with van der Waals surface area (Å²) in [4.78, 5) is 24.4. The molecule has 1 aromatic rings. The second kappa shape index (κ2) is 4.95. The Balaban J connectivity index is 1.85. The van der Waals surface area contributed by atoms with Crippen LogP contribution in [0.3, 0.4) is 0 Å². The van der Waals surface area contributed by atoms with Crippen LogP contribution in [0.1, 0.15) is 5.56 Å². The smallest absolute Gasteiger partial charge is 0.276 e. The van der Waals surface area contributed by atoms with Crippen LogP contribution in [0.2, 0.25) is 0 Å². The monoisotopic (exact) mass is 258 g/mol. The van der Waals surface area contributed by atoms with Gasteiger partial charge in [-0.05, 0) is 5.56 Å². The molecule has 5 nitrogen and oxygen atoms in total. The van der Waals surface area contributed by atoms with Crippen LogP contribution < -0.4 is 0 Å². The van der Waals surface area contributed by atoms with Gasteiger partial charge in [-0.1, -0.05) is 30.3 Å². The Morgan fingerprint density at radius 2 is 1.68 bits per heavy atom. The molecule has 0 bridgehead atoms. The summed E-state index contributed by atoms with van der Waals surface area (Å²) in [5.41, 5.74) is 1.23. The van der Waals surface area contributed by atoms with Gasteiger partial charge in [0.15, 0.2) is 0 Å². The van der Waals surface area contributed by atoms with Crippen LogP contribution in [0, 0.1) is 0 Å². The first-order valence-electron chi connectivity index (χ1n) is 6.25. The number of ether oxygens (including phenoxy) is 1. The lowest BCUT2D eigenvalue weighted by molar-refractivity contribution is -0.161. The minimum Gasteiger partial charge on any atom is -0.379 e. The molecule has 3 rings (SSSR count). The molecule has 2 aliphatic rings. The predicted octanol–water partition coefficient (Wildman–Crippen LogP) is 0.686. The van der Waals surface area contributed by atoms with E-state index in [1.54, 1.807) is 5.01 Å². The number of imide groups is 1. The maximum atomic E-state index is 12.4. The van der Waals surface area contributed by atoms with Crippen molar-refractivity contribution in [3.05, 3.63) is 42.0 Å². The number of rotatable bonds is 2. The molecule has 2 aliphatic heterocycles. The van der Waals surface area contributed by atoms with Crippen molar-refractivity contribution in [1.82, 2.24) is 10.0 Å². The number of morpholine rings is 1. The van der Waals surface area contributed by atoms with E-state index in [1.165, 1.54) is 11.1 Å². The number of carbonyl (C=O) groups is 2. The Morgan fingerprint density at radius 3 is 2.37 bits per heavy atom. The van der Waals surface area contributed by atoms with Gasteiger partial charge in [0.1, 0.15) is 0 Å². The fourth-order valence-electron chi connectivity index (χ4n) is 2.31. The highest BCUT2D eigenvalue weighted by molar-refractivity contribution is 6.33. The van der Waals surface area contributed by atoms with E-state index in [1.807, 2.05) is 30.3 Å². The molecule has 1 saturated heterocycles. The van der Waals surface area contributed by atoms with Crippen molar-refractivity contribution < 1.29 is 14.3 Å². The highest BCUT2D eigenvalue weighted by Gasteiger charge is 2.36. The van der Waals surface area contributed by atoms with E-state index in [0.717, 1.165) is 5.56 Å². The van der Waals surface area contributed by atoms with Gasteiger partial charge in [0.05, 0.1) is 18.8 Å². The second-order valence-electron chi connectivity index (χ2n) is 4.45. The SMILES string of the molecule is O=C1C=C(c2ccccc2)C(=O)N1N1CCOCC1. The number of benzene rings is 1. The Labute approximate surface area is 111 Å². The first-order valence-corrected chi connectivity index (χ1v) is 6.25. The van der Waals surface area contributed by atoms with Gasteiger partial charge < -0.3 is 4.74 Å². The summed E-state index contributed by atoms with van der Waals surface area (Å²) in [5.74, 6) is -0.524. The lowest BCUT2D eigenvalue weighted by Gasteiger charge is -2.33. The van der Waals surface area contributed by atoms with Crippen LogP contribution in [0.5, 0.6) is 0 Å².